The zero-order valence-corrected chi connectivity index (χ0v) is 9.64. The van der Waals surface area contributed by atoms with E-state index in [1.807, 2.05) is 18.2 Å². The Balaban J connectivity index is 3.23. The smallest absolute Gasteiger partial charge is 0.0992 e. The van der Waals surface area contributed by atoms with Crippen LogP contribution >= 0.6 is 15.9 Å². The van der Waals surface area contributed by atoms with Crippen LogP contribution < -0.4 is 0 Å². The number of hydrogen-bond acceptors (Lipinski definition) is 1. The van der Waals surface area contributed by atoms with Crippen molar-refractivity contribution in [1.82, 2.24) is 0 Å². The Morgan fingerprint density at radius 2 is 1.92 bits per heavy atom. The van der Waals surface area contributed by atoms with E-state index >= 15 is 0 Å². The first-order valence-corrected chi connectivity index (χ1v) is 4.94. The van der Waals surface area contributed by atoms with E-state index in [9.17, 15) is 0 Å². The lowest BCUT2D eigenvalue weighted by Gasteiger charge is -2.20. The van der Waals surface area contributed by atoms with Crippen LogP contribution in [-0.4, -0.2) is 0 Å². The van der Waals surface area contributed by atoms with Crippen molar-refractivity contribution < 1.29 is 0 Å². The summed E-state index contributed by atoms with van der Waals surface area (Å²) in [5, 5.41) is 8.68. The van der Waals surface area contributed by atoms with E-state index in [1.165, 1.54) is 5.56 Å². The Hall–Kier alpha value is -0.810. The quantitative estimate of drug-likeness (QED) is 0.677. The van der Waals surface area contributed by atoms with Gasteiger partial charge in [0, 0.05) is 4.47 Å². The van der Waals surface area contributed by atoms with Crippen LogP contribution in [0.4, 0.5) is 0 Å². The highest BCUT2D eigenvalue weighted by Crippen LogP contribution is 2.29. The maximum Gasteiger partial charge on any atom is 0.0992 e. The second-order valence-corrected chi connectivity index (χ2v) is 4.91. The predicted molar refractivity (Wildman–Crippen MR) is 57.6 cm³/mol. The van der Waals surface area contributed by atoms with Gasteiger partial charge >= 0.3 is 0 Å². The van der Waals surface area contributed by atoms with Crippen LogP contribution in [0, 0.1) is 11.3 Å². The summed E-state index contributed by atoms with van der Waals surface area (Å²) in [7, 11) is 0. The van der Waals surface area contributed by atoms with Gasteiger partial charge in [0.1, 0.15) is 0 Å². The summed E-state index contributed by atoms with van der Waals surface area (Å²) in [5.41, 5.74) is 2.04. The third kappa shape index (κ3) is 2.32. The molecule has 2 heteroatoms. The number of rotatable bonds is 0. The second-order valence-electron chi connectivity index (χ2n) is 4.06. The molecule has 0 radical (unpaired) electrons. The first kappa shape index (κ1) is 10.3. The van der Waals surface area contributed by atoms with Crippen LogP contribution in [0.5, 0.6) is 0 Å². The van der Waals surface area contributed by atoms with E-state index in [-0.39, 0.29) is 5.41 Å². The first-order valence-electron chi connectivity index (χ1n) is 4.15. The van der Waals surface area contributed by atoms with Crippen molar-refractivity contribution in [3.05, 3.63) is 33.8 Å². The number of hydrogen-bond donors (Lipinski definition) is 0. The van der Waals surface area contributed by atoms with Crippen LogP contribution in [0.1, 0.15) is 31.9 Å². The molecule has 0 aliphatic rings. The van der Waals surface area contributed by atoms with Gasteiger partial charge in [0.05, 0.1) is 11.6 Å². The molecule has 1 aromatic rings. The number of halogens is 1. The molecule has 0 aromatic heterocycles. The number of nitriles is 1. The molecule has 0 heterocycles. The Morgan fingerprint density at radius 1 is 1.31 bits per heavy atom. The molecule has 0 saturated heterocycles. The van der Waals surface area contributed by atoms with Gasteiger partial charge in [0.15, 0.2) is 0 Å². The van der Waals surface area contributed by atoms with Crippen molar-refractivity contribution in [2.45, 2.75) is 26.2 Å². The van der Waals surface area contributed by atoms with Gasteiger partial charge in [-0.2, -0.15) is 5.26 Å². The Kier molecular flexibility index (Phi) is 2.77. The van der Waals surface area contributed by atoms with Crippen molar-refractivity contribution >= 4 is 15.9 Å². The molecule has 0 amide bonds. The topological polar surface area (TPSA) is 23.8 Å². The third-order valence-electron chi connectivity index (χ3n) is 1.91. The van der Waals surface area contributed by atoms with E-state index in [0.717, 1.165) is 4.47 Å². The van der Waals surface area contributed by atoms with E-state index < -0.39 is 0 Å². The third-order valence-corrected chi connectivity index (χ3v) is 2.56. The highest BCUT2D eigenvalue weighted by atomic mass is 79.9. The largest absolute Gasteiger partial charge is 0.192 e. The SMILES string of the molecule is CC(C)(C)c1ccc(C#N)cc1Br. The molecule has 0 spiro atoms. The standard InChI is InChI=1S/C11H12BrN/c1-11(2,3)9-5-4-8(7-13)6-10(9)12/h4-6H,1-3H3. The first-order chi connectivity index (χ1) is 5.95. The normalized spacial score (nSPS) is 11.0. The van der Waals surface area contributed by atoms with Crippen molar-refractivity contribution in [2.75, 3.05) is 0 Å². The minimum atomic E-state index is 0.118. The fourth-order valence-corrected chi connectivity index (χ4v) is 2.17. The molecule has 1 aromatic carbocycles. The second kappa shape index (κ2) is 3.51. The molecule has 0 atom stereocenters. The fraction of sp³-hybridized carbons (Fsp3) is 0.364. The van der Waals surface area contributed by atoms with Crippen molar-refractivity contribution in [3.8, 4) is 6.07 Å². The molecule has 68 valence electrons. The molecule has 0 unspecified atom stereocenters. The van der Waals surface area contributed by atoms with Crippen molar-refractivity contribution in [1.29, 1.82) is 5.26 Å². The van der Waals surface area contributed by atoms with Crippen LogP contribution in [0.2, 0.25) is 0 Å². The van der Waals surface area contributed by atoms with Crippen molar-refractivity contribution in [2.24, 2.45) is 0 Å². The molecule has 0 saturated carbocycles. The monoisotopic (exact) mass is 237 g/mol. The molecule has 13 heavy (non-hydrogen) atoms. The molecule has 0 aliphatic heterocycles. The highest BCUT2D eigenvalue weighted by Gasteiger charge is 2.16. The van der Waals surface area contributed by atoms with E-state index in [2.05, 4.69) is 42.8 Å². The predicted octanol–water partition coefficient (Wildman–Crippen LogP) is 3.62. The van der Waals surface area contributed by atoms with Gasteiger partial charge < -0.3 is 0 Å². The summed E-state index contributed by atoms with van der Waals surface area (Å²) in [6, 6.07) is 7.83. The molecular formula is C11H12BrN. The Morgan fingerprint density at radius 3 is 2.31 bits per heavy atom. The highest BCUT2D eigenvalue weighted by molar-refractivity contribution is 9.10. The molecule has 0 aliphatic carbocycles. The average molecular weight is 238 g/mol. The molecule has 0 fully saturated rings. The minimum Gasteiger partial charge on any atom is -0.192 e. The Labute approximate surface area is 87.5 Å². The van der Waals surface area contributed by atoms with Crippen LogP contribution in [0.15, 0.2) is 22.7 Å². The summed E-state index contributed by atoms with van der Waals surface area (Å²) >= 11 is 3.47. The summed E-state index contributed by atoms with van der Waals surface area (Å²) in [6.07, 6.45) is 0. The zero-order chi connectivity index (χ0) is 10.1. The van der Waals surface area contributed by atoms with Crippen LogP contribution in [0.25, 0.3) is 0 Å². The summed E-state index contributed by atoms with van der Waals surface area (Å²) in [4.78, 5) is 0. The fourth-order valence-electron chi connectivity index (χ4n) is 1.19. The van der Waals surface area contributed by atoms with Crippen LogP contribution in [0.3, 0.4) is 0 Å². The molecule has 0 bridgehead atoms. The summed E-state index contributed by atoms with van der Waals surface area (Å²) in [6.45, 7) is 6.46. The van der Waals surface area contributed by atoms with Gasteiger partial charge in [-0.25, -0.2) is 0 Å². The van der Waals surface area contributed by atoms with Gasteiger partial charge in [0.2, 0.25) is 0 Å². The zero-order valence-electron chi connectivity index (χ0n) is 8.06. The average Bonchev–Trinajstić information content (AvgIpc) is 2.01. The van der Waals surface area contributed by atoms with E-state index in [0.29, 0.717) is 5.56 Å². The Bertz CT molecular complexity index is 355. The number of nitrogens with zero attached hydrogens (tertiary/aromatic N) is 1. The van der Waals surface area contributed by atoms with E-state index in [4.69, 9.17) is 5.26 Å². The molecule has 1 rings (SSSR count). The lowest BCUT2D eigenvalue weighted by Crippen LogP contribution is -2.11. The molecular weight excluding hydrogens is 226 g/mol. The molecule has 1 nitrogen and oxygen atoms in total. The summed E-state index contributed by atoms with van der Waals surface area (Å²) < 4.78 is 1.01. The number of benzene rings is 1. The minimum absolute atomic E-state index is 0.118. The van der Waals surface area contributed by atoms with Crippen LogP contribution in [-0.2, 0) is 5.41 Å². The van der Waals surface area contributed by atoms with Gasteiger partial charge in [-0.3, -0.25) is 0 Å². The molecule has 0 N–H and O–H groups in total. The summed E-state index contributed by atoms with van der Waals surface area (Å²) in [5.74, 6) is 0. The van der Waals surface area contributed by atoms with Gasteiger partial charge in [-0.15, -0.1) is 0 Å². The van der Waals surface area contributed by atoms with Gasteiger partial charge in [0.25, 0.3) is 0 Å². The van der Waals surface area contributed by atoms with Gasteiger partial charge in [-0.05, 0) is 23.1 Å². The lowest BCUT2D eigenvalue weighted by molar-refractivity contribution is 0.587. The van der Waals surface area contributed by atoms with Gasteiger partial charge in [-0.1, -0.05) is 42.8 Å². The van der Waals surface area contributed by atoms with E-state index in [1.54, 1.807) is 0 Å². The lowest BCUT2D eigenvalue weighted by atomic mass is 9.87. The maximum absolute atomic E-state index is 8.68. The van der Waals surface area contributed by atoms with Crippen molar-refractivity contribution in [3.63, 3.8) is 0 Å². The maximum atomic E-state index is 8.68.